The summed E-state index contributed by atoms with van der Waals surface area (Å²) in [7, 11) is 0.0201. The second kappa shape index (κ2) is 7.70. The average molecular weight is 259 g/mol. The first-order chi connectivity index (χ1) is 7.72. The zero-order chi connectivity index (χ0) is 11.8. The van der Waals surface area contributed by atoms with E-state index in [1.807, 2.05) is 24.5 Å². The highest BCUT2D eigenvalue weighted by molar-refractivity contribution is 8.13. The van der Waals surface area contributed by atoms with Crippen molar-refractivity contribution in [1.82, 2.24) is 4.98 Å². The monoisotopic (exact) mass is 259 g/mol. The molecule has 0 spiro atoms. The molecule has 1 N–H and O–H groups in total. The van der Waals surface area contributed by atoms with Crippen LogP contribution in [0.25, 0.3) is 0 Å². The molecule has 90 valence electrons. The van der Waals surface area contributed by atoms with E-state index in [0.717, 1.165) is 17.2 Å². The first-order valence-corrected chi connectivity index (χ1v) is 8.04. The van der Waals surface area contributed by atoms with Gasteiger partial charge >= 0.3 is 0 Å². The number of hydrogen-bond acceptors (Lipinski definition) is 4. The highest BCUT2D eigenvalue weighted by Crippen LogP contribution is 2.15. The second-order valence-corrected chi connectivity index (χ2v) is 6.19. The maximum absolute atomic E-state index is 8.67. The van der Waals surface area contributed by atoms with E-state index in [9.17, 15) is 0 Å². The zero-order valence-electron chi connectivity index (χ0n) is 9.39. The number of rotatable bonds is 7. The molecule has 0 aromatic carbocycles. The van der Waals surface area contributed by atoms with Crippen LogP contribution in [0.5, 0.6) is 5.88 Å². The molecular weight excluding hydrogens is 242 g/mol. The normalized spacial score (nSPS) is 12.4. The number of aromatic nitrogens is 1. The smallest absolute Gasteiger partial charge is 0.214 e. The van der Waals surface area contributed by atoms with Gasteiger partial charge in [0.2, 0.25) is 5.88 Å². The molecule has 0 aliphatic rings. The Hall–Kier alpha value is -0.520. The lowest BCUT2D eigenvalue weighted by molar-refractivity contribution is 0.322. The SMILES string of the molecule is C=S(C)COc1cccc(CSCCO)n1. The molecule has 1 unspecified atom stereocenters. The predicted molar refractivity (Wildman–Crippen MR) is 73.6 cm³/mol. The number of ether oxygens (including phenoxy) is 1. The molecule has 3 nitrogen and oxygen atoms in total. The summed E-state index contributed by atoms with van der Waals surface area (Å²) in [5, 5.41) is 8.67. The Labute approximate surface area is 103 Å². The quantitative estimate of drug-likeness (QED) is 0.600. The average Bonchev–Trinajstić information content (AvgIpc) is 2.27. The zero-order valence-corrected chi connectivity index (χ0v) is 11.0. The molecule has 0 saturated carbocycles. The molecule has 1 aromatic rings. The molecule has 0 bridgehead atoms. The fourth-order valence-electron chi connectivity index (χ4n) is 1.02. The van der Waals surface area contributed by atoms with Crippen LogP contribution in [-0.2, 0) is 5.75 Å². The van der Waals surface area contributed by atoms with Crippen LogP contribution in [0.4, 0.5) is 0 Å². The topological polar surface area (TPSA) is 42.4 Å². The lowest BCUT2D eigenvalue weighted by Gasteiger charge is -2.06. The number of pyridine rings is 1. The minimum Gasteiger partial charge on any atom is -0.467 e. The molecule has 16 heavy (non-hydrogen) atoms. The predicted octanol–water partition coefficient (Wildman–Crippen LogP) is 1.97. The lowest BCUT2D eigenvalue weighted by Crippen LogP contribution is -1.98. The van der Waals surface area contributed by atoms with Gasteiger partial charge in [-0.2, -0.15) is 22.2 Å². The first kappa shape index (κ1) is 13.5. The molecule has 0 fully saturated rings. The van der Waals surface area contributed by atoms with Gasteiger partial charge in [0.05, 0.1) is 12.3 Å². The van der Waals surface area contributed by atoms with E-state index in [2.05, 4.69) is 10.9 Å². The van der Waals surface area contributed by atoms with Crippen molar-refractivity contribution in [3.8, 4) is 5.88 Å². The Bertz CT molecular complexity index is 345. The molecule has 0 aliphatic carbocycles. The van der Waals surface area contributed by atoms with Gasteiger partial charge in [0.25, 0.3) is 0 Å². The van der Waals surface area contributed by atoms with Crippen LogP contribution in [0, 0.1) is 0 Å². The van der Waals surface area contributed by atoms with E-state index >= 15 is 0 Å². The van der Waals surface area contributed by atoms with E-state index < -0.39 is 0 Å². The van der Waals surface area contributed by atoms with Gasteiger partial charge in [0.1, 0.15) is 5.94 Å². The summed E-state index contributed by atoms with van der Waals surface area (Å²) >= 11 is 1.66. The largest absolute Gasteiger partial charge is 0.467 e. The van der Waals surface area contributed by atoms with Crippen molar-refractivity contribution in [2.45, 2.75) is 5.75 Å². The summed E-state index contributed by atoms with van der Waals surface area (Å²) in [5.41, 5.74) is 0.982. The van der Waals surface area contributed by atoms with Crippen LogP contribution < -0.4 is 4.74 Å². The summed E-state index contributed by atoms with van der Waals surface area (Å²) < 4.78 is 5.49. The maximum Gasteiger partial charge on any atom is 0.214 e. The summed E-state index contributed by atoms with van der Waals surface area (Å²) in [4.78, 5) is 4.37. The van der Waals surface area contributed by atoms with Crippen LogP contribution in [0.1, 0.15) is 5.69 Å². The van der Waals surface area contributed by atoms with E-state index in [0.29, 0.717) is 11.8 Å². The van der Waals surface area contributed by atoms with Gasteiger partial charge in [-0.05, 0) is 12.3 Å². The Morgan fingerprint density at radius 3 is 3.06 bits per heavy atom. The first-order valence-electron chi connectivity index (χ1n) is 4.92. The van der Waals surface area contributed by atoms with Crippen molar-refractivity contribution in [1.29, 1.82) is 0 Å². The highest BCUT2D eigenvalue weighted by Gasteiger charge is 1.99. The third kappa shape index (κ3) is 5.53. The van der Waals surface area contributed by atoms with Gasteiger partial charge in [0.15, 0.2) is 0 Å². The number of aliphatic hydroxyl groups excluding tert-OH is 1. The molecule has 0 saturated heterocycles. The second-order valence-electron chi connectivity index (χ2n) is 3.29. The number of aliphatic hydroxyl groups is 1. The van der Waals surface area contributed by atoms with Crippen molar-refractivity contribution in [2.24, 2.45) is 0 Å². The number of thioether (sulfide) groups is 1. The van der Waals surface area contributed by atoms with Gasteiger partial charge in [0, 0.05) is 17.6 Å². The van der Waals surface area contributed by atoms with Gasteiger partial charge in [-0.3, -0.25) is 0 Å². The minimum atomic E-state index is 0.0201. The Kier molecular flexibility index (Phi) is 6.52. The Morgan fingerprint density at radius 1 is 1.56 bits per heavy atom. The van der Waals surface area contributed by atoms with Crippen LogP contribution in [0.15, 0.2) is 18.2 Å². The van der Waals surface area contributed by atoms with E-state index in [1.54, 1.807) is 11.8 Å². The lowest BCUT2D eigenvalue weighted by atomic mass is 10.4. The molecule has 0 radical (unpaired) electrons. The van der Waals surface area contributed by atoms with Crippen LogP contribution >= 0.6 is 22.2 Å². The number of nitrogens with zero attached hydrogens (tertiary/aromatic N) is 1. The standard InChI is InChI=1S/C11H17NO2S2/c1-16(2)9-14-11-5-3-4-10(12-11)8-15-7-6-13/h3-5,13H,1,6-9H2,2H3. The Morgan fingerprint density at radius 2 is 2.38 bits per heavy atom. The molecule has 1 atom stereocenters. The maximum atomic E-state index is 8.67. The van der Waals surface area contributed by atoms with Crippen molar-refractivity contribution in [3.05, 3.63) is 23.9 Å². The molecular formula is C11H17NO2S2. The van der Waals surface area contributed by atoms with Crippen molar-refractivity contribution in [2.75, 3.05) is 24.6 Å². The third-order valence-corrected chi connectivity index (χ3v) is 3.17. The molecule has 1 aromatic heterocycles. The third-order valence-electron chi connectivity index (χ3n) is 1.67. The van der Waals surface area contributed by atoms with Crippen molar-refractivity contribution < 1.29 is 9.84 Å². The highest BCUT2D eigenvalue weighted by atomic mass is 32.2. The molecule has 0 amide bonds. The fourth-order valence-corrected chi connectivity index (χ4v) is 1.99. The summed E-state index contributed by atoms with van der Waals surface area (Å²) in [6.45, 7) is 0.209. The van der Waals surface area contributed by atoms with E-state index in [1.165, 1.54) is 0 Å². The summed E-state index contributed by atoms with van der Waals surface area (Å²) in [6, 6.07) is 5.76. The van der Waals surface area contributed by atoms with Crippen molar-refractivity contribution in [3.63, 3.8) is 0 Å². The molecule has 1 rings (SSSR count). The van der Waals surface area contributed by atoms with Gasteiger partial charge in [-0.1, -0.05) is 11.9 Å². The molecule has 5 heteroatoms. The van der Waals surface area contributed by atoms with E-state index in [4.69, 9.17) is 9.84 Å². The van der Waals surface area contributed by atoms with Crippen LogP contribution in [-0.4, -0.2) is 40.5 Å². The number of hydrogen-bond donors (Lipinski definition) is 1. The van der Waals surface area contributed by atoms with Gasteiger partial charge in [-0.15, -0.1) is 0 Å². The summed E-state index contributed by atoms with van der Waals surface area (Å²) in [6.07, 6.45) is 2.03. The Balaban J connectivity index is 2.46. The molecule has 1 heterocycles. The van der Waals surface area contributed by atoms with E-state index in [-0.39, 0.29) is 17.1 Å². The fraction of sp³-hybridized carbons (Fsp3) is 0.455. The van der Waals surface area contributed by atoms with Crippen LogP contribution in [0.3, 0.4) is 0 Å². The van der Waals surface area contributed by atoms with Gasteiger partial charge in [-0.25, -0.2) is 4.98 Å². The van der Waals surface area contributed by atoms with Crippen LogP contribution in [0.2, 0.25) is 0 Å². The summed E-state index contributed by atoms with van der Waals surface area (Å²) in [5.74, 6) is 6.69. The molecule has 0 aliphatic heterocycles. The van der Waals surface area contributed by atoms with Gasteiger partial charge < -0.3 is 9.84 Å². The van der Waals surface area contributed by atoms with Crippen molar-refractivity contribution >= 4 is 28.1 Å². The minimum absolute atomic E-state index is 0.0201.